The van der Waals surface area contributed by atoms with Crippen LogP contribution >= 0.6 is 11.3 Å². The third kappa shape index (κ3) is 7.88. The lowest BCUT2D eigenvalue weighted by Crippen LogP contribution is -2.53. The Morgan fingerprint density at radius 1 is 0.804 bits per heavy atom. The second kappa shape index (κ2) is 15.6. The van der Waals surface area contributed by atoms with Crippen molar-refractivity contribution in [2.75, 3.05) is 84.5 Å². The molecule has 0 spiro atoms. The van der Waals surface area contributed by atoms with E-state index in [0.29, 0.717) is 61.5 Å². The molecule has 2 atom stereocenters. The molecular weight excluding hydrogens is 717 g/mol. The number of aryl methyl sites for hydroxylation is 2. The van der Waals surface area contributed by atoms with E-state index >= 15 is 0 Å². The minimum atomic E-state index is -0.807. The highest BCUT2D eigenvalue weighted by atomic mass is 32.2. The first-order valence-corrected chi connectivity index (χ1v) is 21.2. The molecule has 15 nitrogen and oxygen atoms in total. The molecule has 4 saturated heterocycles. The molecule has 5 N–H and O–H groups in total. The fraction of sp³-hybridized carbons (Fsp3) is 0.606. The number of aromatic nitrogens is 4. The third-order valence-corrected chi connectivity index (χ3v) is 13.5. The number of carbonyl (C=O) groups excluding carboxylic acids is 1. The summed E-state index contributed by atoms with van der Waals surface area (Å²) in [4.78, 5) is 36.5. The molecule has 0 bridgehead atoms. The molecule has 51 heavy (non-hydrogen) atoms. The number of carbonyl (C=O) groups is 1. The smallest absolute Gasteiger partial charge is 0.339 e. The summed E-state index contributed by atoms with van der Waals surface area (Å²) in [6.07, 6.45) is 4.89. The second-order valence-corrected chi connectivity index (χ2v) is 17.4. The van der Waals surface area contributed by atoms with Crippen LogP contribution in [0.2, 0.25) is 0 Å². The number of ether oxygens (including phenoxy) is 3. The summed E-state index contributed by atoms with van der Waals surface area (Å²) < 4.78 is 37.1. The zero-order chi connectivity index (χ0) is 34.9. The van der Waals surface area contributed by atoms with E-state index in [4.69, 9.17) is 24.2 Å². The van der Waals surface area contributed by atoms with Crippen LogP contribution in [0.15, 0.2) is 26.6 Å². The van der Waals surface area contributed by atoms with E-state index in [0.717, 1.165) is 104 Å². The third-order valence-electron chi connectivity index (χ3n) is 9.81. The van der Waals surface area contributed by atoms with E-state index in [1.54, 1.807) is 11.4 Å². The van der Waals surface area contributed by atoms with Gasteiger partial charge in [-0.1, -0.05) is 0 Å². The summed E-state index contributed by atoms with van der Waals surface area (Å²) in [5.41, 5.74) is 2.47. The van der Waals surface area contributed by atoms with Crippen LogP contribution in [0.4, 0.5) is 23.5 Å². The van der Waals surface area contributed by atoms with Crippen LogP contribution in [0.5, 0.6) is 0 Å². The van der Waals surface area contributed by atoms with Gasteiger partial charge in [0.2, 0.25) is 11.9 Å². The maximum Gasteiger partial charge on any atom is 0.339 e. The second-order valence-electron chi connectivity index (χ2n) is 13.5. The van der Waals surface area contributed by atoms with Crippen molar-refractivity contribution in [1.82, 2.24) is 19.9 Å². The van der Waals surface area contributed by atoms with Gasteiger partial charge in [-0.25, -0.2) is 14.8 Å². The number of β-amino-alcohol motifs (C(OH)–C–C–N with tert-alkyl or cyclic N) is 1. The molecule has 9 rings (SSSR count). The van der Waals surface area contributed by atoms with Crippen LogP contribution in [-0.2, 0) is 49.4 Å². The molecule has 0 radical (unpaired) electrons. The summed E-state index contributed by atoms with van der Waals surface area (Å²) in [7, 11) is 0. The number of hydrogen-bond acceptors (Lipinski definition) is 16. The van der Waals surface area contributed by atoms with Crippen molar-refractivity contribution in [3.63, 3.8) is 0 Å². The monoisotopic (exact) mass is 760 g/mol. The average molecular weight is 761 g/mol. The Morgan fingerprint density at radius 2 is 1.31 bits per heavy atom. The number of esters is 1. The molecule has 9 heterocycles. The normalized spacial score (nSPS) is 23.8. The van der Waals surface area contributed by atoms with Gasteiger partial charge in [-0.05, 0) is 37.1 Å². The van der Waals surface area contributed by atoms with Crippen LogP contribution in [0, 0.1) is 0 Å². The van der Waals surface area contributed by atoms with E-state index in [9.17, 15) is 19.0 Å². The molecule has 2 unspecified atom stereocenters. The molecule has 0 saturated carbocycles. The average Bonchev–Trinajstić information content (AvgIpc) is 3.87. The molecule has 3 aromatic rings. The van der Waals surface area contributed by atoms with Crippen LogP contribution < -0.4 is 20.4 Å². The van der Waals surface area contributed by atoms with Gasteiger partial charge in [-0.3, -0.25) is 0 Å². The Bertz CT molecular complexity index is 1680. The minimum absolute atomic E-state index is 0.154. The lowest BCUT2D eigenvalue weighted by atomic mass is 10.1. The SMILES string of the molecule is O=C(OC1CN(c2nc3c(c(NC4CCOCC4)n2)[S+](O)CC3)C1)c1ccsc1.OC1CN(c2nc3c(c(NC4CCOCC4)n2)[S+](O)CC3)C1. The number of fused-ring (bicyclic) bond motifs is 2. The molecule has 274 valence electrons. The predicted molar refractivity (Wildman–Crippen MR) is 197 cm³/mol. The topological polar surface area (TPSA) is 188 Å². The number of anilines is 4. The summed E-state index contributed by atoms with van der Waals surface area (Å²) in [6.45, 7) is 5.34. The Labute approximate surface area is 306 Å². The van der Waals surface area contributed by atoms with Gasteiger partial charge in [-0.2, -0.15) is 30.4 Å². The predicted octanol–water partition coefficient (Wildman–Crippen LogP) is 2.44. The van der Waals surface area contributed by atoms with Crippen LogP contribution in [-0.4, -0.2) is 129 Å². The van der Waals surface area contributed by atoms with Crippen molar-refractivity contribution in [3.8, 4) is 0 Å². The standard InChI is InChI=1S/C19H23N4O4S2.C14H21N4O3S/c24-18(12-3-7-28-11-12)27-14-9-23(10-14)19-21-15-4-8-29(25)16(15)17(22-19)20-13-1-5-26-6-2-13;19-10-7-18(8-10)14-16-11-3-6-22(20)12(11)13(17-14)15-9-1-4-21-5-2-9/h3,7,11,13-14,25H,1-2,4-6,8-10H2,(H,20,21,22);9-10,19-20H,1-8H2,(H,15,16,17)/q2*+1. The largest absolute Gasteiger partial charge is 0.455 e. The van der Waals surface area contributed by atoms with Crippen molar-refractivity contribution >= 4 is 63.2 Å². The Hall–Kier alpha value is -2.97. The lowest BCUT2D eigenvalue weighted by molar-refractivity contribution is 0.0232. The molecular formula is C33H44N8O7S3+2. The number of aliphatic hydroxyl groups excluding tert-OH is 1. The number of thiophene rings is 1. The minimum Gasteiger partial charge on any atom is -0.455 e. The van der Waals surface area contributed by atoms with E-state index in [2.05, 4.69) is 20.6 Å². The van der Waals surface area contributed by atoms with Crippen molar-refractivity contribution in [2.24, 2.45) is 0 Å². The summed E-state index contributed by atoms with van der Waals surface area (Å²) in [5, 5.41) is 20.2. The first-order chi connectivity index (χ1) is 24.9. The summed E-state index contributed by atoms with van der Waals surface area (Å²) in [6, 6.07) is 2.40. The van der Waals surface area contributed by atoms with Gasteiger partial charge in [0.1, 0.15) is 17.5 Å². The van der Waals surface area contributed by atoms with Crippen LogP contribution in [0.3, 0.4) is 0 Å². The summed E-state index contributed by atoms with van der Waals surface area (Å²) >= 11 is -0.0901. The fourth-order valence-corrected chi connectivity index (χ4v) is 10.1. The van der Waals surface area contributed by atoms with Gasteiger partial charge in [0.15, 0.2) is 45.5 Å². The van der Waals surface area contributed by atoms with E-state index in [1.807, 2.05) is 15.2 Å². The van der Waals surface area contributed by atoms with Crippen molar-refractivity contribution in [1.29, 1.82) is 0 Å². The number of aliphatic hydroxyl groups is 1. The highest BCUT2D eigenvalue weighted by molar-refractivity contribution is 7.92. The van der Waals surface area contributed by atoms with Gasteiger partial charge in [0, 0.05) is 69.8 Å². The maximum absolute atomic E-state index is 12.1. The highest BCUT2D eigenvalue weighted by Gasteiger charge is 2.42. The van der Waals surface area contributed by atoms with Gasteiger partial charge >= 0.3 is 5.97 Å². The summed E-state index contributed by atoms with van der Waals surface area (Å²) in [5.74, 6) is 3.99. The maximum atomic E-state index is 12.1. The van der Waals surface area contributed by atoms with E-state index in [1.165, 1.54) is 11.3 Å². The number of rotatable bonds is 8. The first-order valence-electron chi connectivity index (χ1n) is 17.6. The van der Waals surface area contributed by atoms with Crippen LogP contribution in [0.25, 0.3) is 0 Å². The Morgan fingerprint density at radius 3 is 1.78 bits per heavy atom. The van der Waals surface area contributed by atoms with Crippen molar-refractivity contribution in [3.05, 3.63) is 33.8 Å². The number of nitrogens with zero attached hydrogens (tertiary/aromatic N) is 6. The zero-order valence-corrected chi connectivity index (χ0v) is 30.7. The Kier molecular flexibility index (Phi) is 10.7. The van der Waals surface area contributed by atoms with E-state index in [-0.39, 0.29) is 18.2 Å². The molecule has 18 heteroatoms. The van der Waals surface area contributed by atoms with Crippen molar-refractivity contribution in [2.45, 2.75) is 72.6 Å². The molecule has 4 fully saturated rings. The number of nitrogens with one attached hydrogen (secondary N) is 2. The van der Waals surface area contributed by atoms with Gasteiger partial charge in [-0.15, -0.1) is 0 Å². The molecule has 0 aromatic carbocycles. The molecule has 0 amide bonds. The van der Waals surface area contributed by atoms with Crippen molar-refractivity contribution < 1.29 is 33.2 Å². The Balaban J connectivity index is 0.000000152. The molecule has 6 aliphatic rings. The first kappa shape index (κ1) is 35.1. The highest BCUT2D eigenvalue weighted by Crippen LogP contribution is 2.36. The fourth-order valence-electron chi connectivity index (χ4n) is 6.84. The molecule has 0 aliphatic carbocycles. The zero-order valence-electron chi connectivity index (χ0n) is 28.2. The molecule has 6 aliphatic heterocycles. The lowest BCUT2D eigenvalue weighted by Gasteiger charge is -2.38. The van der Waals surface area contributed by atoms with Crippen LogP contribution in [0.1, 0.15) is 47.4 Å². The van der Waals surface area contributed by atoms with E-state index < -0.39 is 22.4 Å². The van der Waals surface area contributed by atoms with Gasteiger partial charge in [0.05, 0.1) is 24.8 Å². The number of hydrogen-bond donors (Lipinski definition) is 5. The quantitative estimate of drug-likeness (QED) is 0.166. The molecule has 3 aromatic heterocycles. The van der Waals surface area contributed by atoms with Gasteiger partial charge in [0.25, 0.3) is 9.79 Å². The van der Waals surface area contributed by atoms with Gasteiger partial charge < -0.3 is 39.8 Å².